The molecule has 102 valence electrons. The van der Waals surface area contributed by atoms with E-state index in [1.165, 1.54) is 9.75 Å². The fraction of sp³-hybridized carbons (Fsp3) is 0.385. The molecular formula is C13H18N4OS. The minimum atomic E-state index is 0.405. The molecule has 2 aromatic rings. The molecule has 0 amide bonds. The number of ether oxygens (including phenoxy) is 1. The Balaban J connectivity index is 2.08. The summed E-state index contributed by atoms with van der Waals surface area (Å²) < 4.78 is 5.07. The van der Waals surface area contributed by atoms with Crippen molar-refractivity contribution in [3.05, 3.63) is 33.8 Å². The molecule has 5 nitrogen and oxygen atoms in total. The fourth-order valence-corrected chi connectivity index (χ4v) is 2.50. The number of methoxy groups -OCH3 is 1. The highest BCUT2D eigenvalue weighted by molar-refractivity contribution is 7.11. The molecule has 0 unspecified atom stereocenters. The Morgan fingerprint density at radius 1 is 1.26 bits per heavy atom. The Kier molecular flexibility index (Phi) is 4.70. The highest BCUT2D eigenvalue weighted by Crippen LogP contribution is 2.17. The second-order valence-electron chi connectivity index (χ2n) is 4.10. The van der Waals surface area contributed by atoms with Gasteiger partial charge in [-0.05, 0) is 19.1 Å². The minimum absolute atomic E-state index is 0.405. The number of hydrogen-bond acceptors (Lipinski definition) is 6. The molecule has 6 heteroatoms. The lowest BCUT2D eigenvalue weighted by Gasteiger charge is -2.08. The molecule has 0 saturated carbocycles. The maximum atomic E-state index is 5.07. The highest BCUT2D eigenvalue weighted by atomic mass is 32.1. The number of aryl methyl sites for hydroxylation is 1. The van der Waals surface area contributed by atoms with Gasteiger partial charge in [-0.25, -0.2) is 9.97 Å². The van der Waals surface area contributed by atoms with Gasteiger partial charge in [0.2, 0.25) is 0 Å². The van der Waals surface area contributed by atoms with E-state index in [1.54, 1.807) is 18.4 Å². The first-order chi connectivity index (χ1) is 9.21. The first-order valence-electron chi connectivity index (χ1n) is 6.05. The second kappa shape index (κ2) is 6.49. The Morgan fingerprint density at radius 3 is 2.68 bits per heavy atom. The Morgan fingerprint density at radius 2 is 2.05 bits per heavy atom. The van der Waals surface area contributed by atoms with Crippen LogP contribution in [0.25, 0.3) is 0 Å². The molecule has 2 N–H and O–H groups in total. The van der Waals surface area contributed by atoms with Crippen LogP contribution in [0.3, 0.4) is 0 Å². The molecule has 2 aromatic heterocycles. The predicted molar refractivity (Wildman–Crippen MR) is 78.7 cm³/mol. The van der Waals surface area contributed by atoms with Crippen LogP contribution in [0, 0.1) is 6.92 Å². The summed E-state index contributed by atoms with van der Waals surface area (Å²) in [5.74, 6) is 2.25. The Bertz CT molecular complexity index is 541. The van der Waals surface area contributed by atoms with Crippen LogP contribution in [0.2, 0.25) is 0 Å². The van der Waals surface area contributed by atoms with Crippen molar-refractivity contribution in [3.8, 4) is 0 Å². The first-order valence-corrected chi connectivity index (χ1v) is 6.86. The third-order valence-corrected chi connectivity index (χ3v) is 3.54. The van der Waals surface area contributed by atoms with Crippen molar-refractivity contribution in [2.45, 2.75) is 20.1 Å². The number of aromatic nitrogens is 2. The molecule has 0 spiro atoms. The lowest BCUT2D eigenvalue weighted by molar-refractivity contribution is 0.178. The minimum Gasteiger partial charge on any atom is -0.377 e. The van der Waals surface area contributed by atoms with Crippen LogP contribution in [-0.4, -0.2) is 24.1 Å². The number of thiophene rings is 1. The molecule has 0 bridgehead atoms. The predicted octanol–water partition coefficient (Wildman–Crippen LogP) is 2.65. The quantitative estimate of drug-likeness (QED) is 0.850. The van der Waals surface area contributed by atoms with Crippen molar-refractivity contribution in [1.82, 2.24) is 9.97 Å². The van der Waals surface area contributed by atoms with E-state index in [0.29, 0.717) is 12.4 Å². The van der Waals surface area contributed by atoms with Crippen LogP contribution < -0.4 is 10.6 Å². The molecule has 0 fully saturated rings. The SMILES string of the molecule is CNc1cc(NCc2ccc(C)s2)nc(COC)n1. The molecule has 0 aromatic carbocycles. The van der Waals surface area contributed by atoms with Crippen molar-refractivity contribution in [3.63, 3.8) is 0 Å². The van der Waals surface area contributed by atoms with Crippen LogP contribution >= 0.6 is 11.3 Å². The van der Waals surface area contributed by atoms with Gasteiger partial charge in [-0.3, -0.25) is 0 Å². The van der Waals surface area contributed by atoms with Gasteiger partial charge in [-0.2, -0.15) is 0 Å². The molecule has 0 aliphatic rings. The summed E-state index contributed by atoms with van der Waals surface area (Å²) in [7, 11) is 3.47. The molecule has 0 saturated heterocycles. The van der Waals surface area contributed by atoms with Gasteiger partial charge in [-0.15, -0.1) is 11.3 Å². The van der Waals surface area contributed by atoms with Crippen molar-refractivity contribution in [1.29, 1.82) is 0 Å². The number of nitrogens with one attached hydrogen (secondary N) is 2. The Hall–Kier alpha value is -1.66. The smallest absolute Gasteiger partial charge is 0.158 e. The zero-order valence-corrected chi connectivity index (χ0v) is 12.2. The third-order valence-electron chi connectivity index (χ3n) is 2.54. The summed E-state index contributed by atoms with van der Waals surface area (Å²) in [6, 6.07) is 6.14. The average molecular weight is 278 g/mol. The maximum Gasteiger partial charge on any atom is 0.158 e. The molecule has 0 aliphatic heterocycles. The van der Waals surface area contributed by atoms with E-state index in [1.807, 2.05) is 13.1 Å². The summed E-state index contributed by atoms with van der Waals surface area (Å²) in [6.45, 7) is 3.28. The monoisotopic (exact) mass is 278 g/mol. The van der Waals surface area contributed by atoms with Gasteiger partial charge in [-0.1, -0.05) is 0 Å². The highest BCUT2D eigenvalue weighted by Gasteiger charge is 2.04. The summed E-state index contributed by atoms with van der Waals surface area (Å²) in [5, 5.41) is 6.34. The van der Waals surface area contributed by atoms with Crippen molar-refractivity contribution < 1.29 is 4.74 Å². The largest absolute Gasteiger partial charge is 0.377 e. The lowest BCUT2D eigenvalue weighted by Crippen LogP contribution is -2.06. The van der Waals surface area contributed by atoms with Gasteiger partial charge in [0.25, 0.3) is 0 Å². The number of nitrogens with zero attached hydrogens (tertiary/aromatic N) is 2. The zero-order valence-electron chi connectivity index (χ0n) is 11.4. The summed E-state index contributed by atoms with van der Waals surface area (Å²) >= 11 is 1.79. The van der Waals surface area contributed by atoms with Crippen molar-refractivity contribution in [2.75, 3.05) is 24.8 Å². The molecule has 19 heavy (non-hydrogen) atoms. The summed E-state index contributed by atoms with van der Waals surface area (Å²) in [5.41, 5.74) is 0. The lowest BCUT2D eigenvalue weighted by atomic mass is 10.4. The number of hydrogen-bond donors (Lipinski definition) is 2. The third kappa shape index (κ3) is 3.90. The van der Waals surface area contributed by atoms with Gasteiger partial charge in [0.05, 0.1) is 6.54 Å². The van der Waals surface area contributed by atoms with Crippen molar-refractivity contribution in [2.24, 2.45) is 0 Å². The van der Waals surface area contributed by atoms with Crippen LogP contribution in [0.4, 0.5) is 11.6 Å². The molecule has 2 heterocycles. The van der Waals surface area contributed by atoms with Gasteiger partial charge in [0.1, 0.15) is 18.2 Å². The maximum absolute atomic E-state index is 5.07. The van der Waals surface area contributed by atoms with Gasteiger partial charge in [0, 0.05) is 30.0 Å². The van der Waals surface area contributed by atoms with E-state index in [2.05, 4.69) is 39.7 Å². The second-order valence-corrected chi connectivity index (χ2v) is 5.48. The topological polar surface area (TPSA) is 59.1 Å². The number of anilines is 2. The first kappa shape index (κ1) is 13.8. The van der Waals surface area contributed by atoms with Crippen LogP contribution in [0.15, 0.2) is 18.2 Å². The van der Waals surface area contributed by atoms with E-state index < -0.39 is 0 Å². The molecule has 0 aliphatic carbocycles. The average Bonchev–Trinajstić information content (AvgIpc) is 2.82. The van der Waals surface area contributed by atoms with Gasteiger partial charge < -0.3 is 15.4 Å². The van der Waals surface area contributed by atoms with E-state index in [-0.39, 0.29) is 0 Å². The molecule has 0 radical (unpaired) electrons. The Labute approximate surface area is 117 Å². The molecular weight excluding hydrogens is 260 g/mol. The van der Waals surface area contributed by atoms with Crippen LogP contribution in [-0.2, 0) is 17.9 Å². The van der Waals surface area contributed by atoms with Gasteiger partial charge >= 0.3 is 0 Å². The van der Waals surface area contributed by atoms with E-state index in [9.17, 15) is 0 Å². The van der Waals surface area contributed by atoms with Gasteiger partial charge in [0.15, 0.2) is 5.82 Å². The van der Waals surface area contributed by atoms with E-state index in [4.69, 9.17) is 4.74 Å². The van der Waals surface area contributed by atoms with E-state index in [0.717, 1.165) is 18.2 Å². The summed E-state index contributed by atoms with van der Waals surface area (Å²) in [4.78, 5) is 11.3. The standard InChI is InChI=1S/C13H18N4OS/c1-9-4-5-10(19-9)7-15-12-6-11(14-2)16-13(17-12)8-18-3/h4-6H,7-8H2,1-3H3,(H2,14,15,16,17). The zero-order chi connectivity index (χ0) is 13.7. The fourth-order valence-electron chi connectivity index (χ4n) is 1.67. The summed E-state index contributed by atoms with van der Waals surface area (Å²) in [6.07, 6.45) is 0. The van der Waals surface area contributed by atoms with Crippen LogP contribution in [0.5, 0.6) is 0 Å². The number of rotatable bonds is 6. The molecule has 0 atom stereocenters. The van der Waals surface area contributed by atoms with Crippen LogP contribution in [0.1, 0.15) is 15.6 Å². The normalized spacial score (nSPS) is 10.5. The molecule has 2 rings (SSSR count). The van der Waals surface area contributed by atoms with Crippen molar-refractivity contribution >= 4 is 23.0 Å². The van der Waals surface area contributed by atoms with E-state index >= 15 is 0 Å².